The number of rotatable bonds is 4. The Bertz CT molecular complexity index is 734. The summed E-state index contributed by atoms with van der Waals surface area (Å²) in [4.78, 5) is 16.1. The normalized spacial score (nSPS) is 10.8. The average molecular weight is 287 g/mol. The minimum Gasteiger partial charge on any atom is -0.462 e. The van der Waals surface area contributed by atoms with Crippen LogP contribution in [0.2, 0.25) is 0 Å². The smallest absolute Gasteiger partial charge is 0.343 e. The van der Waals surface area contributed by atoms with Crippen molar-refractivity contribution in [1.29, 1.82) is 0 Å². The fourth-order valence-electron chi connectivity index (χ4n) is 2.03. The van der Waals surface area contributed by atoms with Gasteiger partial charge >= 0.3 is 5.97 Å². The van der Waals surface area contributed by atoms with Crippen LogP contribution in [-0.2, 0) is 11.2 Å². The second-order valence-corrected chi connectivity index (χ2v) is 5.04. The fourth-order valence-corrected chi connectivity index (χ4v) is 2.70. The van der Waals surface area contributed by atoms with Gasteiger partial charge < -0.3 is 4.74 Å². The molecule has 5 nitrogen and oxygen atoms in total. The Morgan fingerprint density at radius 1 is 1.45 bits per heavy atom. The average Bonchev–Trinajstić information content (AvgIpc) is 3.08. The highest BCUT2D eigenvalue weighted by Gasteiger charge is 2.16. The van der Waals surface area contributed by atoms with E-state index in [-0.39, 0.29) is 5.97 Å². The fraction of sp³-hybridized carbons (Fsp3) is 0.214. The molecule has 0 saturated carbocycles. The Morgan fingerprint density at radius 2 is 2.35 bits per heavy atom. The Morgan fingerprint density at radius 3 is 3.10 bits per heavy atom. The molecule has 3 rings (SSSR count). The standard InChI is InChI=1S/C14H13N3O2S/c1-2-19-14(18)12-8-16-17-11(3-5-15-13(12)17)7-10-4-6-20-9-10/h3-6,8-9H,2,7H2,1H3. The lowest BCUT2D eigenvalue weighted by Gasteiger charge is -2.03. The van der Waals surface area contributed by atoms with E-state index in [1.54, 1.807) is 29.0 Å². The molecule has 0 aliphatic rings. The zero-order chi connectivity index (χ0) is 13.9. The summed E-state index contributed by atoms with van der Waals surface area (Å²) in [6, 6.07) is 3.99. The van der Waals surface area contributed by atoms with Crippen molar-refractivity contribution in [3.8, 4) is 0 Å². The van der Waals surface area contributed by atoms with Crippen molar-refractivity contribution in [2.24, 2.45) is 0 Å². The molecule has 0 bridgehead atoms. The van der Waals surface area contributed by atoms with E-state index in [9.17, 15) is 4.79 Å². The third kappa shape index (κ3) is 2.30. The minimum atomic E-state index is -0.386. The lowest BCUT2D eigenvalue weighted by molar-refractivity contribution is 0.0528. The van der Waals surface area contributed by atoms with Crippen LogP contribution in [0.25, 0.3) is 5.65 Å². The maximum atomic E-state index is 11.8. The van der Waals surface area contributed by atoms with Crippen LogP contribution >= 0.6 is 11.3 Å². The SMILES string of the molecule is CCOC(=O)c1cnn2c(Cc3ccsc3)ccnc12. The predicted molar refractivity (Wildman–Crippen MR) is 76.1 cm³/mol. The van der Waals surface area contributed by atoms with E-state index in [4.69, 9.17) is 4.74 Å². The summed E-state index contributed by atoms with van der Waals surface area (Å²) in [5.74, 6) is -0.386. The van der Waals surface area contributed by atoms with Gasteiger partial charge in [0.05, 0.1) is 18.5 Å². The molecule has 0 aliphatic carbocycles. The molecule has 0 radical (unpaired) electrons. The molecule has 0 aliphatic heterocycles. The summed E-state index contributed by atoms with van der Waals surface area (Å²) in [7, 11) is 0. The molecule has 0 amide bonds. The summed E-state index contributed by atoms with van der Waals surface area (Å²) in [5.41, 5.74) is 3.15. The number of nitrogens with zero attached hydrogens (tertiary/aromatic N) is 3. The van der Waals surface area contributed by atoms with Crippen molar-refractivity contribution in [2.45, 2.75) is 13.3 Å². The molecule has 6 heteroatoms. The van der Waals surface area contributed by atoms with Crippen LogP contribution in [0.3, 0.4) is 0 Å². The number of ether oxygens (including phenoxy) is 1. The highest BCUT2D eigenvalue weighted by molar-refractivity contribution is 7.07. The van der Waals surface area contributed by atoms with E-state index in [1.807, 2.05) is 11.4 Å². The number of carbonyl (C=O) groups excluding carboxylic acids is 1. The third-order valence-electron chi connectivity index (χ3n) is 2.94. The first kappa shape index (κ1) is 12.8. The van der Waals surface area contributed by atoms with Crippen molar-refractivity contribution in [3.63, 3.8) is 0 Å². The largest absolute Gasteiger partial charge is 0.462 e. The van der Waals surface area contributed by atoms with Crippen LogP contribution < -0.4 is 0 Å². The maximum Gasteiger partial charge on any atom is 0.343 e. The summed E-state index contributed by atoms with van der Waals surface area (Å²) >= 11 is 1.66. The van der Waals surface area contributed by atoms with Gasteiger partial charge in [-0.05, 0) is 35.4 Å². The van der Waals surface area contributed by atoms with E-state index in [1.165, 1.54) is 11.8 Å². The number of fused-ring (bicyclic) bond motifs is 1. The molecule has 0 unspecified atom stereocenters. The van der Waals surface area contributed by atoms with E-state index in [2.05, 4.69) is 21.5 Å². The molecule has 0 fully saturated rings. The van der Waals surface area contributed by atoms with Gasteiger partial charge in [0, 0.05) is 12.6 Å². The Kier molecular flexibility index (Phi) is 3.47. The van der Waals surface area contributed by atoms with Crippen LogP contribution in [0, 0.1) is 0 Å². The highest BCUT2D eigenvalue weighted by Crippen LogP contribution is 2.16. The molecule has 20 heavy (non-hydrogen) atoms. The molecule has 0 saturated heterocycles. The van der Waals surface area contributed by atoms with Gasteiger partial charge in [-0.2, -0.15) is 16.4 Å². The van der Waals surface area contributed by atoms with Crippen molar-refractivity contribution < 1.29 is 9.53 Å². The van der Waals surface area contributed by atoms with E-state index < -0.39 is 0 Å². The van der Waals surface area contributed by atoms with Gasteiger partial charge in [0.25, 0.3) is 0 Å². The molecule has 102 valence electrons. The molecule has 3 aromatic heterocycles. The van der Waals surface area contributed by atoms with Crippen LogP contribution in [0.15, 0.2) is 35.3 Å². The summed E-state index contributed by atoms with van der Waals surface area (Å²) in [6.45, 7) is 2.11. The number of carbonyl (C=O) groups is 1. The van der Waals surface area contributed by atoms with Crippen LogP contribution in [-0.4, -0.2) is 27.2 Å². The zero-order valence-corrected chi connectivity index (χ0v) is 11.8. The number of hydrogen-bond donors (Lipinski definition) is 0. The highest BCUT2D eigenvalue weighted by atomic mass is 32.1. The molecule has 0 N–H and O–H groups in total. The van der Waals surface area contributed by atoms with Gasteiger partial charge in [0.2, 0.25) is 0 Å². The van der Waals surface area contributed by atoms with Crippen LogP contribution in [0.1, 0.15) is 28.5 Å². The molecule has 0 spiro atoms. The summed E-state index contributed by atoms with van der Waals surface area (Å²) < 4.78 is 6.71. The summed E-state index contributed by atoms with van der Waals surface area (Å²) in [5, 5.41) is 8.40. The number of esters is 1. The number of thiophene rings is 1. The first-order valence-corrected chi connectivity index (χ1v) is 7.23. The molecule has 3 heterocycles. The van der Waals surface area contributed by atoms with Crippen molar-refractivity contribution in [1.82, 2.24) is 14.6 Å². The maximum absolute atomic E-state index is 11.8. The molecule has 3 aromatic rings. The number of hydrogen-bond acceptors (Lipinski definition) is 5. The Hall–Kier alpha value is -2.21. The first-order chi connectivity index (χ1) is 9.79. The lowest BCUT2D eigenvalue weighted by Crippen LogP contribution is -2.06. The van der Waals surface area contributed by atoms with E-state index in [0.717, 1.165) is 12.1 Å². The quantitative estimate of drug-likeness (QED) is 0.692. The number of aromatic nitrogens is 3. The predicted octanol–water partition coefficient (Wildman–Crippen LogP) is 2.56. The summed E-state index contributed by atoms with van der Waals surface area (Å²) in [6.07, 6.45) is 3.96. The minimum absolute atomic E-state index is 0.338. The van der Waals surface area contributed by atoms with Gasteiger partial charge in [-0.25, -0.2) is 14.3 Å². The first-order valence-electron chi connectivity index (χ1n) is 6.29. The van der Waals surface area contributed by atoms with Gasteiger partial charge in [0.15, 0.2) is 5.65 Å². The van der Waals surface area contributed by atoms with E-state index >= 15 is 0 Å². The van der Waals surface area contributed by atoms with E-state index in [0.29, 0.717) is 17.8 Å². The third-order valence-corrected chi connectivity index (χ3v) is 3.67. The topological polar surface area (TPSA) is 56.5 Å². The Labute approximate surface area is 119 Å². The molecular weight excluding hydrogens is 274 g/mol. The molecular formula is C14H13N3O2S. The Balaban J connectivity index is 2.01. The van der Waals surface area contributed by atoms with Gasteiger partial charge in [0.1, 0.15) is 5.56 Å². The van der Waals surface area contributed by atoms with Crippen molar-refractivity contribution >= 4 is 23.0 Å². The van der Waals surface area contributed by atoms with Gasteiger partial charge in [-0.1, -0.05) is 0 Å². The van der Waals surface area contributed by atoms with Gasteiger partial charge in [-0.3, -0.25) is 0 Å². The van der Waals surface area contributed by atoms with Crippen LogP contribution in [0.4, 0.5) is 0 Å². The monoisotopic (exact) mass is 287 g/mol. The van der Waals surface area contributed by atoms with Crippen molar-refractivity contribution in [2.75, 3.05) is 6.61 Å². The second-order valence-electron chi connectivity index (χ2n) is 4.26. The van der Waals surface area contributed by atoms with Gasteiger partial charge in [-0.15, -0.1) is 0 Å². The lowest BCUT2D eigenvalue weighted by atomic mass is 10.2. The second kappa shape index (κ2) is 5.42. The van der Waals surface area contributed by atoms with Crippen LogP contribution in [0.5, 0.6) is 0 Å². The van der Waals surface area contributed by atoms with Crippen molar-refractivity contribution in [3.05, 3.63) is 52.1 Å². The molecule has 0 atom stereocenters. The molecule has 0 aromatic carbocycles. The zero-order valence-electron chi connectivity index (χ0n) is 10.9.